The molecule has 0 amide bonds. The molecule has 1 aromatic carbocycles. The number of benzene rings is 1. The summed E-state index contributed by atoms with van der Waals surface area (Å²) in [7, 11) is -3.11. The Hall–Kier alpha value is -0.910. The Balaban J connectivity index is 2.21. The summed E-state index contributed by atoms with van der Waals surface area (Å²) in [6.07, 6.45) is 2.00. The van der Waals surface area contributed by atoms with Crippen molar-refractivity contribution in [2.24, 2.45) is 5.73 Å². The number of rotatable bonds is 5. The van der Waals surface area contributed by atoms with Crippen molar-refractivity contribution < 1.29 is 8.42 Å². The minimum absolute atomic E-state index is 0.0483. The van der Waals surface area contributed by atoms with E-state index in [1.165, 1.54) is 0 Å². The Kier molecular flexibility index (Phi) is 4.28. The van der Waals surface area contributed by atoms with Crippen molar-refractivity contribution in [3.63, 3.8) is 0 Å². The summed E-state index contributed by atoms with van der Waals surface area (Å²) in [5.74, 6) is 0.156. The first-order chi connectivity index (χ1) is 8.97. The summed E-state index contributed by atoms with van der Waals surface area (Å²) in [6, 6.07) is 6.17. The number of hydrogen-bond acceptors (Lipinski definition) is 3. The molecule has 1 atom stereocenters. The van der Waals surface area contributed by atoms with E-state index in [0.717, 1.165) is 29.5 Å². The highest BCUT2D eigenvalue weighted by Crippen LogP contribution is 2.28. The minimum Gasteiger partial charge on any atom is -0.324 e. The largest absolute Gasteiger partial charge is 0.324 e. The van der Waals surface area contributed by atoms with E-state index in [9.17, 15) is 8.42 Å². The van der Waals surface area contributed by atoms with Crippen LogP contribution in [0, 0.1) is 0 Å². The SMILES string of the molecule is CCCC(N)c1ccc2c(c1)CN(S(=O)(=O)CC)C2. The van der Waals surface area contributed by atoms with Crippen molar-refractivity contribution in [1.29, 1.82) is 0 Å². The van der Waals surface area contributed by atoms with Gasteiger partial charge in [0.05, 0.1) is 5.75 Å². The van der Waals surface area contributed by atoms with Crippen LogP contribution < -0.4 is 5.73 Å². The third-order valence-corrected chi connectivity index (χ3v) is 5.48. The molecule has 1 aliphatic rings. The highest BCUT2D eigenvalue weighted by molar-refractivity contribution is 7.89. The number of nitrogens with two attached hydrogens (primary N) is 1. The first kappa shape index (κ1) is 14.5. The third-order valence-electron chi connectivity index (χ3n) is 3.71. The number of nitrogens with zero attached hydrogens (tertiary/aromatic N) is 1. The van der Waals surface area contributed by atoms with E-state index in [1.807, 2.05) is 12.1 Å². The molecule has 2 N–H and O–H groups in total. The molecule has 0 fully saturated rings. The van der Waals surface area contributed by atoms with Gasteiger partial charge in [-0.05, 0) is 30.0 Å². The maximum absolute atomic E-state index is 11.9. The zero-order chi connectivity index (χ0) is 14.0. The van der Waals surface area contributed by atoms with Crippen LogP contribution in [0.5, 0.6) is 0 Å². The van der Waals surface area contributed by atoms with Gasteiger partial charge in [-0.2, -0.15) is 4.31 Å². The maximum Gasteiger partial charge on any atom is 0.214 e. The second kappa shape index (κ2) is 5.61. The summed E-state index contributed by atoms with van der Waals surface area (Å²) < 4.78 is 25.3. The third kappa shape index (κ3) is 2.99. The average Bonchev–Trinajstić information content (AvgIpc) is 2.82. The van der Waals surface area contributed by atoms with Gasteiger partial charge in [0.15, 0.2) is 0 Å². The molecule has 1 aliphatic heterocycles. The van der Waals surface area contributed by atoms with Crippen molar-refractivity contribution in [1.82, 2.24) is 4.31 Å². The Morgan fingerprint density at radius 2 is 1.95 bits per heavy atom. The summed E-state index contributed by atoms with van der Waals surface area (Å²) in [5.41, 5.74) is 9.42. The normalized spacial score (nSPS) is 17.4. The van der Waals surface area contributed by atoms with Crippen LogP contribution in [0.1, 0.15) is 49.4 Å². The van der Waals surface area contributed by atoms with Gasteiger partial charge in [0.25, 0.3) is 0 Å². The van der Waals surface area contributed by atoms with Crippen LogP contribution in [-0.2, 0) is 23.1 Å². The van der Waals surface area contributed by atoms with Crippen molar-refractivity contribution in [2.45, 2.75) is 45.8 Å². The molecule has 0 bridgehead atoms. The molecule has 1 heterocycles. The van der Waals surface area contributed by atoms with E-state index in [0.29, 0.717) is 13.1 Å². The van der Waals surface area contributed by atoms with Gasteiger partial charge in [0.2, 0.25) is 10.0 Å². The van der Waals surface area contributed by atoms with Crippen LogP contribution in [0.3, 0.4) is 0 Å². The molecular formula is C14H22N2O2S. The second-order valence-electron chi connectivity index (χ2n) is 5.09. The highest BCUT2D eigenvalue weighted by atomic mass is 32.2. The van der Waals surface area contributed by atoms with E-state index in [-0.39, 0.29) is 11.8 Å². The summed E-state index contributed by atoms with van der Waals surface area (Å²) in [4.78, 5) is 0. The molecule has 0 aromatic heterocycles. The Morgan fingerprint density at radius 1 is 1.26 bits per heavy atom. The predicted molar refractivity (Wildman–Crippen MR) is 77.0 cm³/mol. The van der Waals surface area contributed by atoms with Crippen LogP contribution in [0.25, 0.3) is 0 Å². The molecule has 0 aliphatic carbocycles. The molecule has 1 unspecified atom stereocenters. The molecule has 2 rings (SSSR count). The predicted octanol–water partition coefficient (Wildman–Crippen LogP) is 2.15. The van der Waals surface area contributed by atoms with E-state index in [2.05, 4.69) is 13.0 Å². The zero-order valence-electron chi connectivity index (χ0n) is 11.6. The molecule has 4 nitrogen and oxygen atoms in total. The van der Waals surface area contributed by atoms with Gasteiger partial charge >= 0.3 is 0 Å². The zero-order valence-corrected chi connectivity index (χ0v) is 12.4. The standard InChI is InChI=1S/C14H22N2O2S/c1-3-5-14(15)11-6-7-12-9-16(10-13(12)8-11)19(17,18)4-2/h6-8,14H,3-5,9-10,15H2,1-2H3. The molecular weight excluding hydrogens is 260 g/mol. The molecule has 1 aromatic rings. The van der Waals surface area contributed by atoms with Crippen LogP contribution in [-0.4, -0.2) is 18.5 Å². The van der Waals surface area contributed by atoms with Gasteiger partial charge in [-0.25, -0.2) is 8.42 Å². The van der Waals surface area contributed by atoms with Crippen LogP contribution >= 0.6 is 0 Å². The van der Waals surface area contributed by atoms with E-state index in [1.54, 1.807) is 11.2 Å². The van der Waals surface area contributed by atoms with E-state index < -0.39 is 10.0 Å². The van der Waals surface area contributed by atoms with Gasteiger partial charge < -0.3 is 5.73 Å². The Bertz CT molecular complexity index is 555. The lowest BCUT2D eigenvalue weighted by Crippen LogP contribution is -2.26. The van der Waals surface area contributed by atoms with Gasteiger partial charge in [0.1, 0.15) is 0 Å². The fourth-order valence-electron chi connectivity index (χ4n) is 2.47. The number of sulfonamides is 1. The first-order valence-electron chi connectivity index (χ1n) is 6.83. The van der Waals surface area contributed by atoms with Crippen LogP contribution in [0.4, 0.5) is 0 Å². The summed E-state index contributed by atoms with van der Waals surface area (Å²) in [5, 5.41) is 0. The fourth-order valence-corrected chi connectivity index (χ4v) is 3.51. The van der Waals surface area contributed by atoms with Crippen molar-refractivity contribution in [3.8, 4) is 0 Å². The molecule has 0 saturated carbocycles. The monoisotopic (exact) mass is 282 g/mol. The van der Waals surface area contributed by atoms with Crippen LogP contribution in [0.15, 0.2) is 18.2 Å². The van der Waals surface area contributed by atoms with Gasteiger partial charge in [-0.15, -0.1) is 0 Å². The molecule has 0 saturated heterocycles. The smallest absolute Gasteiger partial charge is 0.214 e. The van der Waals surface area contributed by atoms with Gasteiger partial charge in [-0.1, -0.05) is 31.5 Å². The van der Waals surface area contributed by atoms with Crippen molar-refractivity contribution in [2.75, 3.05) is 5.75 Å². The average molecular weight is 282 g/mol. The first-order valence-corrected chi connectivity index (χ1v) is 8.44. The molecule has 19 heavy (non-hydrogen) atoms. The molecule has 0 spiro atoms. The number of fused-ring (bicyclic) bond motifs is 1. The summed E-state index contributed by atoms with van der Waals surface area (Å²) >= 11 is 0. The van der Waals surface area contributed by atoms with Crippen molar-refractivity contribution >= 4 is 10.0 Å². The maximum atomic E-state index is 11.9. The minimum atomic E-state index is -3.11. The highest BCUT2D eigenvalue weighted by Gasteiger charge is 2.28. The quantitative estimate of drug-likeness (QED) is 0.900. The molecule has 0 radical (unpaired) electrons. The van der Waals surface area contributed by atoms with Crippen molar-refractivity contribution in [3.05, 3.63) is 34.9 Å². The summed E-state index contributed by atoms with van der Waals surface area (Å²) in [6.45, 7) is 4.77. The van der Waals surface area contributed by atoms with E-state index >= 15 is 0 Å². The fraction of sp³-hybridized carbons (Fsp3) is 0.571. The van der Waals surface area contributed by atoms with E-state index in [4.69, 9.17) is 5.73 Å². The lowest BCUT2D eigenvalue weighted by atomic mass is 9.99. The Morgan fingerprint density at radius 3 is 2.58 bits per heavy atom. The van der Waals surface area contributed by atoms with Gasteiger partial charge in [0, 0.05) is 19.1 Å². The Labute approximate surface area is 115 Å². The second-order valence-corrected chi connectivity index (χ2v) is 7.35. The molecule has 5 heteroatoms. The molecule has 106 valence electrons. The van der Waals surface area contributed by atoms with Crippen LogP contribution in [0.2, 0.25) is 0 Å². The lowest BCUT2D eigenvalue weighted by molar-refractivity contribution is 0.432. The van der Waals surface area contributed by atoms with Gasteiger partial charge in [-0.3, -0.25) is 0 Å². The number of hydrogen-bond donors (Lipinski definition) is 1. The lowest BCUT2D eigenvalue weighted by Gasteiger charge is -2.13. The topological polar surface area (TPSA) is 63.4 Å².